The molecule has 3 nitrogen and oxygen atoms in total. The van der Waals surface area contributed by atoms with Crippen LogP contribution in [0.4, 0.5) is 14.5 Å². The third-order valence-corrected chi connectivity index (χ3v) is 3.34. The second kappa shape index (κ2) is 6.01. The van der Waals surface area contributed by atoms with E-state index >= 15 is 0 Å². The quantitative estimate of drug-likeness (QED) is 0.944. The number of anilines is 1. The normalized spacial score (nSPS) is 10.5. The van der Waals surface area contributed by atoms with Gasteiger partial charge in [0.1, 0.15) is 11.6 Å². The number of benzene rings is 2. The summed E-state index contributed by atoms with van der Waals surface area (Å²) >= 11 is 0. The number of hydrogen-bond acceptors (Lipinski definition) is 2. The molecular formula is C16H16F2N2O. The highest BCUT2D eigenvalue weighted by atomic mass is 19.1. The molecule has 110 valence electrons. The predicted molar refractivity (Wildman–Crippen MR) is 78.2 cm³/mol. The number of amides is 1. The molecule has 0 aliphatic carbocycles. The summed E-state index contributed by atoms with van der Waals surface area (Å²) in [4.78, 5) is 13.6. The highest BCUT2D eigenvalue weighted by Crippen LogP contribution is 2.20. The van der Waals surface area contributed by atoms with Crippen molar-refractivity contribution in [3.8, 4) is 0 Å². The zero-order valence-electron chi connectivity index (χ0n) is 11.9. The van der Waals surface area contributed by atoms with Crippen molar-refractivity contribution in [1.82, 2.24) is 0 Å². The van der Waals surface area contributed by atoms with Gasteiger partial charge in [0.2, 0.25) is 0 Å². The topological polar surface area (TPSA) is 46.3 Å². The summed E-state index contributed by atoms with van der Waals surface area (Å²) in [6.07, 6.45) is 0. The summed E-state index contributed by atoms with van der Waals surface area (Å²) in [7, 11) is 1.54. The van der Waals surface area contributed by atoms with Crippen molar-refractivity contribution in [2.45, 2.75) is 13.5 Å². The molecule has 0 aliphatic heterocycles. The maximum absolute atomic E-state index is 13.8. The lowest BCUT2D eigenvalue weighted by molar-refractivity contribution is 0.0989. The number of nitrogens with zero attached hydrogens (tertiary/aromatic N) is 1. The summed E-state index contributed by atoms with van der Waals surface area (Å²) in [5.74, 6) is -2.07. The summed E-state index contributed by atoms with van der Waals surface area (Å²) in [6, 6.07) is 9.01. The largest absolute Gasteiger partial charge is 0.326 e. The number of hydrogen-bond donors (Lipinski definition) is 1. The number of halogens is 2. The number of rotatable bonds is 3. The molecule has 0 fully saturated rings. The van der Waals surface area contributed by atoms with Gasteiger partial charge in [0, 0.05) is 25.3 Å². The molecule has 2 N–H and O–H groups in total. The molecule has 2 rings (SSSR count). The molecule has 0 atom stereocenters. The van der Waals surface area contributed by atoms with Crippen LogP contribution in [0, 0.1) is 18.6 Å². The second-order valence-electron chi connectivity index (χ2n) is 4.82. The summed E-state index contributed by atoms with van der Waals surface area (Å²) in [5, 5.41) is 0. The Hall–Kier alpha value is -2.27. The van der Waals surface area contributed by atoms with E-state index in [1.807, 2.05) is 0 Å². The zero-order valence-corrected chi connectivity index (χ0v) is 11.9. The summed E-state index contributed by atoms with van der Waals surface area (Å²) in [6.45, 7) is 1.89. The molecule has 0 bridgehead atoms. The minimum Gasteiger partial charge on any atom is -0.326 e. The molecule has 1 amide bonds. The minimum absolute atomic E-state index is 0.153. The number of nitrogens with two attached hydrogens (primary N) is 1. The minimum atomic E-state index is -0.867. The molecule has 0 aromatic heterocycles. The number of aryl methyl sites for hydroxylation is 1. The van der Waals surface area contributed by atoms with Crippen LogP contribution >= 0.6 is 0 Å². The number of carbonyl (C=O) groups is 1. The van der Waals surface area contributed by atoms with E-state index in [0.29, 0.717) is 12.2 Å². The van der Waals surface area contributed by atoms with Gasteiger partial charge in [-0.05, 0) is 36.2 Å². The van der Waals surface area contributed by atoms with Gasteiger partial charge in [0.15, 0.2) is 0 Å². The first kappa shape index (κ1) is 15.1. The van der Waals surface area contributed by atoms with Gasteiger partial charge in [-0.15, -0.1) is 0 Å². The molecule has 2 aromatic rings. The molecule has 2 aromatic carbocycles. The molecule has 0 radical (unpaired) electrons. The van der Waals surface area contributed by atoms with Crippen molar-refractivity contribution in [3.63, 3.8) is 0 Å². The van der Waals surface area contributed by atoms with Gasteiger partial charge in [-0.3, -0.25) is 4.79 Å². The SMILES string of the molecule is Cc1cc(C(=O)N(C)c2ccc(CN)cc2)c(F)cc1F. The lowest BCUT2D eigenvalue weighted by atomic mass is 10.1. The Morgan fingerprint density at radius 2 is 1.76 bits per heavy atom. The van der Waals surface area contributed by atoms with E-state index in [4.69, 9.17) is 5.73 Å². The van der Waals surface area contributed by atoms with Crippen molar-refractivity contribution >= 4 is 11.6 Å². The van der Waals surface area contributed by atoms with Crippen molar-refractivity contribution in [2.24, 2.45) is 5.73 Å². The maximum atomic E-state index is 13.8. The van der Waals surface area contributed by atoms with Crippen LogP contribution in [0.3, 0.4) is 0 Å². The molecule has 0 aliphatic rings. The number of carbonyl (C=O) groups excluding carboxylic acids is 1. The zero-order chi connectivity index (χ0) is 15.6. The van der Waals surface area contributed by atoms with Crippen molar-refractivity contribution in [3.05, 3.63) is 64.7 Å². The predicted octanol–water partition coefficient (Wildman–Crippen LogP) is 3.01. The molecule has 21 heavy (non-hydrogen) atoms. The second-order valence-corrected chi connectivity index (χ2v) is 4.82. The molecule has 0 saturated carbocycles. The van der Waals surface area contributed by atoms with Gasteiger partial charge < -0.3 is 10.6 Å². The van der Waals surface area contributed by atoms with Gasteiger partial charge in [0.25, 0.3) is 5.91 Å². The van der Waals surface area contributed by atoms with Crippen LogP contribution in [0.25, 0.3) is 0 Å². The van der Waals surface area contributed by atoms with Crippen LogP contribution in [0.1, 0.15) is 21.5 Å². The highest BCUT2D eigenvalue weighted by molar-refractivity contribution is 6.06. The Balaban J connectivity index is 2.32. The Morgan fingerprint density at radius 3 is 2.33 bits per heavy atom. The standard InChI is InChI=1S/C16H16F2N2O/c1-10-7-13(15(18)8-14(10)17)16(21)20(2)12-5-3-11(9-19)4-6-12/h3-8H,9,19H2,1-2H3. The summed E-state index contributed by atoms with van der Waals surface area (Å²) in [5.41, 5.74) is 7.13. The lowest BCUT2D eigenvalue weighted by Crippen LogP contribution is -2.27. The average molecular weight is 290 g/mol. The van der Waals surface area contributed by atoms with Gasteiger partial charge in [-0.1, -0.05) is 12.1 Å². The maximum Gasteiger partial charge on any atom is 0.260 e. The van der Waals surface area contributed by atoms with Crippen LogP contribution in [0.5, 0.6) is 0 Å². The first-order chi connectivity index (χ1) is 9.93. The van der Waals surface area contributed by atoms with E-state index in [1.165, 1.54) is 24.9 Å². The van der Waals surface area contributed by atoms with E-state index in [-0.39, 0.29) is 11.1 Å². The summed E-state index contributed by atoms with van der Waals surface area (Å²) < 4.78 is 27.0. The fourth-order valence-electron chi connectivity index (χ4n) is 1.97. The Bertz CT molecular complexity index is 669. The van der Waals surface area contributed by atoms with Gasteiger partial charge in [-0.25, -0.2) is 8.78 Å². The van der Waals surface area contributed by atoms with E-state index in [1.54, 1.807) is 24.3 Å². The molecule has 0 unspecified atom stereocenters. The van der Waals surface area contributed by atoms with Crippen molar-refractivity contribution in [2.75, 3.05) is 11.9 Å². The fourth-order valence-corrected chi connectivity index (χ4v) is 1.97. The average Bonchev–Trinajstić information content (AvgIpc) is 2.49. The van der Waals surface area contributed by atoms with Crippen LogP contribution in [0.15, 0.2) is 36.4 Å². The van der Waals surface area contributed by atoms with Crippen molar-refractivity contribution in [1.29, 1.82) is 0 Å². The molecular weight excluding hydrogens is 274 g/mol. The smallest absolute Gasteiger partial charge is 0.260 e. The Kier molecular flexibility index (Phi) is 4.33. The van der Waals surface area contributed by atoms with E-state index in [2.05, 4.69) is 0 Å². The van der Waals surface area contributed by atoms with Gasteiger partial charge >= 0.3 is 0 Å². The van der Waals surface area contributed by atoms with Gasteiger partial charge in [-0.2, -0.15) is 0 Å². The van der Waals surface area contributed by atoms with Crippen LogP contribution in [-0.4, -0.2) is 13.0 Å². The fraction of sp³-hybridized carbons (Fsp3) is 0.188. The van der Waals surface area contributed by atoms with Gasteiger partial charge in [0.05, 0.1) is 5.56 Å². The molecule has 5 heteroatoms. The van der Waals surface area contributed by atoms with E-state index < -0.39 is 17.5 Å². The Labute approximate surface area is 122 Å². The third-order valence-electron chi connectivity index (χ3n) is 3.34. The molecule has 0 saturated heterocycles. The lowest BCUT2D eigenvalue weighted by Gasteiger charge is -2.18. The van der Waals surface area contributed by atoms with E-state index in [9.17, 15) is 13.6 Å². The van der Waals surface area contributed by atoms with Crippen LogP contribution in [-0.2, 0) is 6.54 Å². The van der Waals surface area contributed by atoms with E-state index in [0.717, 1.165) is 11.6 Å². The Morgan fingerprint density at radius 1 is 1.14 bits per heavy atom. The third kappa shape index (κ3) is 3.08. The monoisotopic (exact) mass is 290 g/mol. The van der Waals surface area contributed by atoms with Crippen molar-refractivity contribution < 1.29 is 13.6 Å². The van der Waals surface area contributed by atoms with Crippen LogP contribution in [0.2, 0.25) is 0 Å². The van der Waals surface area contributed by atoms with Crippen LogP contribution < -0.4 is 10.6 Å². The first-order valence-corrected chi connectivity index (χ1v) is 6.46. The first-order valence-electron chi connectivity index (χ1n) is 6.46. The molecule has 0 spiro atoms. The highest BCUT2D eigenvalue weighted by Gasteiger charge is 2.19. The molecule has 0 heterocycles.